The molecule has 2 aromatic rings. The molecule has 2 N–H and O–H groups in total. The van der Waals surface area contributed by atoms with Gasteiger partial charge in [0.1, 0.15) is 12.4 Å². The van der Waals surface area contributed by atoms with Crippen molar-refractivity contribution in [2.24, 2.45) is 5.73 Å². The van der Waals surface area contributed by atoms with Crippen LogP contribution in [0.25, 0.3) is 0 Å². The molecule has 0 heterocycles. The number of carbonyl (C=O) groups is 2. The Morgan fingerprint density at radius 3 is 2.43 bits per heavy atom. The maximum absolute atomic E-state index is 12.5. The fraction of sp³-hybridized carbons (Fsp3) is 0.238. The minimum Gasteiger partial charge on any atom is -0.461 e. The molecular formula is C21H24ClFN2O3. The van der Waals surface area contributed by atoms with Crippen molar-refractivity contribution in [2.45, 2.75) is 13.5 Å². The van der Waals surface area contributed by atoms with Gasteiger partial charge in [-0.3, -0.25) is 9.69 Å². The molecular weight excluding hydrogens is 383 g/mol. The number of rotatable bonds is 7. The Kier molecular flexibility index (Phi) is 10.5. The van der Waals surface area contributed by atoms with Crippen molar-refractivity contribution in [1.29, 1.82) is 0 Å². The fourth-order valence-electron chi connectivity index (χ4n) is 2.13. The van der Waals surface area contributed by atoms with Crippen LogP contribution < -0.4 is 5.73 Å². The van der Waals surface area contributed by atoms with Crippen molar-refractivity contribution in [1.82, 2.24) is 4.90 Å². The molecule has 0 radical (unpaired) electrons. The first-order valence-corrected chi connectivity index (χ1v) is 8.93. The molecule has 0 aliphatic heterocycles. The number of esters is 1. The van der Waals surface area contributed by atoms with Crippen LogP contribution in [0.15, 0.2) is 60.3 Å². The van der Waals surface area contributed by atoms with E-state index in [0.29, 0.717) is 25.1 Å². The van der Waals surface area contributed by atoms with Crippen molar-refractivity contribution in [2.75, 3.05) is 20.2 Å². The lowest BCUT2D eigenvalue weighted by Crippen LogP contribution is -2.23. The van der Waals surface area contributed by atoms with E-state index in [1.54, 1.807) is 6.92 Å². The second kappa shape index (κ2) is 12.6. The average molecular weight is 407 g/mol. The molecule has 0 bridgehead atoms. The number of nitrogens with two attached hydrogens (primary N) is 1. The van der Waals surface area contributed by atoms with E-state index in [1.165, 1.54) is 29.8 Å². The van der Waals surface area contributed by atoms with Gasteiger partial charge in [0.25, 0.3) is 0 Å². The maximum atomic E-state index is 12.5. The van der Waals surface area contributed by atoms with Gasteiger partial charge >= 0.3 is 5.97 Å². The number of likely N-dealkylation sites (N-methyl/N-ethyl adjacent to an activating group) is 1. The van der Waals surface area contributed by atoms with E-state index in [-0.39, 0.29) is 16.6 Å². The Morgan fingerprint density at radius 1 is 1.21 bits per heavy atom. The van der Waals surface area contributed by atoms with E-state index < -0.39 is 5.82 Å². The highest BCUT2D eigenvalue weighted by Gasteiger charge is 2.03. The quantitative estimate of drug-likeness (QED) is 0.430. The van der Waals surface area contributed by atoms with Gasteiger partial charge in [0.05, 0.1) is 10.6 Å². The van der Waals surface area contributed by atoms with E-state index in [9.17, 15) is 14.0 Å². The monoisotopic (exact) mass is 406 g/mol. The molecule has 150 valence electrons. The van der Waals surface area contributed by atoms with Gasteiger partial charge in [-0.25, -0.2) is 9.18 Å². The summed E-state index contributed by atoms with van der Waals surface area (Å²) in [5, 5.41) is 0.148. The Hall–Kier alpha value is -2.70. The summed E-state index contributed by atoms with van der Waals surface area (Å²) < 4.78 is 17.6. The van der Waals surface area contributed by atoms with Crippen LogP contribution in [0.5, 0.6) is 0 Å². The molecule has 5 nitrogen and oxygen atoms in total. The minimum absolute atomic E-state index is 0.0795. The molecule has 28 heavy (non-hydrogen) atoms. The molecule has 2 aromatic carbocycles. The third-order valence-electron chi connectivity index (χ3n) is 3.48. The molecule has 0 atom stereocenters. The van der Waals surface area contributed by atoms with Gasteiger partial charge in [0, 0.05) is 24.9 Å². The molecule has 7 heteroatoms. The standard InChI is InChI=1S/C14H20N2O2.C7H4ClFO/c1-12(15)10-14(17)18-9-8-16(2)11-13-6-4-3-5-7-13;8-6-2-1-3-7(9)5(6)4-10/h3-7,10H,8-9,11,15H2,1-2H3;1-4H/b12-10+;. The predicted octanol–water partition coefficient (Wildman–Crippen LogP) is 3.82. The number of aldehydes is 1. The van der Waals surface area contributed by atoms with E-state index >= 15 is 0 Å². The van der Waals surface area contributed by atoms with Gasteiger partial charge in [-0.05, 0) is 31.7 Å². The zero-order valence-corrected chi connectivity index (χ0v) is 16.7. The SMILES string of the molecule is C/C(N)=C\C(=O)OCCN(C)Cc1ccccc1.O=Cc1c(F)cccc1Cl. The summed E-state index contributed by atoms with van der Waals surface area (Å²) >= 11 is 5.46. The zero-order valence-electron chi connectivity index (χ0n) is 15.9. The molecule has 0 amide bonds. The summed E-state index contributed by atoms with van der Waals surface area (Å²) in [5.41, 5.74) is 6.99. The van der Waals surface area contributed by atoms with E-state index in [2.05, 4.69) is 17.0 Å². The summed E-state index contributed by atoms with van der Waals surface area (Å²) in [6.45, 7) is 3.55. The number of halogens is 2. The molecule has 0 aliphatic rings. The fourth-order valence-corrected chi connectivity index (χ4v) is 2.33. The summed E-state index contributed by atoms with van der Waals surface area (Å²) in [6, 6.07) is 14.3. The molecule has 0 spiro atoms. The highest BCUT2D eigenvalue weighted by Crippen LogP contribution is 2.15. The van der Waals surface area contributed by atoms with Gasteiger partial charge in [-0.15, -0.1) is 0 Å². The first kappa shape index (κ1) is 23.3. The number of hydrogen-bond acceptors (Lipinski definition) is 5. The normalized spacial score (nSPS) is 10.8. The molecule has 0 fully saturated rings. The number of allylic oxidation sites excluding steroid dienone is 1. The van der Waals surface area contributed by atoms with Crippen LogP contribution in [0.1, 0.15) is 22.8 Å². The summed E-state index contributed by atoms with van der Waals surface area (Å²) in [6.07, 6.45) is 1.69. The van der Waals surface area contributed by atoms with Crippen LogP contribution in [0.3, 0.4) is 0 Å². The molecule has 0 aliphatic carbocycles. The highest BCUT2D eigenvalue weighted by molar-refractivity contribution is 6.32. The molecule has 0 unspecified atom stereocenters. The maximum Gasteiger partial charge on any atom is 0.332 e. The second-order valence-electron chi connectivity index (χ2n) is 6.03. The molecule has 2 rings (SSSR count). The summed E-state index contributed by atoms with van der Waals surface area (Å²) in [5.74, 6) is -0.967. The van der Waals surface area contributed by atoms with Crippen LogP contribution in [-0.4, -0.2) is 37.4 Å². The summed E-state index contributed by atoms with van der Waals surface area (Å²) in [4.78, 5) is 23.4. The van der Waals surface area contributed by atoms with Gasteiger partial charge < -0.3 is 10.5 Å². The predicted molar refractivity (Wildman–Crippen MR) is 108 cm³/mol. The first-order chi connectivity index (χ1) is 13.3. The van der Waals surface area contributed by atoms with Crippen molar-refractivity contribution in [3.05, 3.63) is 82.3 Å². The molecule has 0 saturated heterocycles. The molecule has 0 aromatic heterocycles. The Balaban J connectivity index is 0.000000330. The Labute approximate surface area is 169 Å². The topological polar surface area (TPSA) is 72.6 Å². The van der Waals surface area contributed by atoms with Crippen LogP contribution >= 0.6 is 11.6 Å². The van der Waals surface area contributed by atoms with Crippen molar-refractivity contribution >= 4 is 23.9 Å². The van der Waals surface area contributed by atoms with Gasteiger partial charge in [-0.1, -0.05) is 48.0 Å². The zero-order chi connectivity index (χ0) is 20.9. The third-order valence-corrected chi connectivity index (χ3v) is 3.81. The molecule has 0 saturated carbocycles. The highest BCUT2D eigenvalue weighted by atomic mass is 35.5. The van der Waals surface area contributed by atoms with Crippen LogP contribution in [0.2, 0.25) is 5.02 Å². The number of carbonyl (C=O) groups excluding carboxylic acids is 2. The van der Waals surface area contributed by atoms with Gasteiger partial charge in [-0.2, -0.15) is 0 Å². The van der Waals surface area contributed by atoms with Crippen LogP contribution in [0, 0.1) is 5.82 Å². The van der Waals surface area contributed by atoms with Crippen molar-refractivity contribution in [3.8, 4) is 0 Å². The summed E-state index contributed by atoms with van der Waals surface area (Å²) in [7, 11) is 1.99. The van der Waals surface area contributed by atoms with E-state index in [4.69, 9.17) is 22.1 Å². The van der Waals surface area contributed by atoms with Crippen molar-refractivity contribution < 1.29 is 18.7 Å². The van der Waals surface area contributed by atoms with Crippen molar-refractivity contribution in [3.63, 3.8) is 0 Å². The first-order valence-electron chi connectivity index (χ1n) is 8.55. The smallest absolute Gasteiger partial charge is 0.332 e. The lowest BCUT2D eigenvalue weighted by Gasteiger charge is -2.16. The third kappa shape index (κ3) is 9.30. The Morgan fingerprint density at radius 2 is 1.89 bits per heavy atom. The van der Waals surface area contributed by atoms with Crippen LogP contribution in [-0.2, 0) is 16.1 Å². The number of ether oxygens (including phenoxy) is 1. The van der Waals surface area contributed by atoms with Gasteiger partial charge in [0.15, 0.2) is 6.29 Å². The van der Waals surface area contributed by atoms with E-state index in [0.717, 1.165) is 6.54 Å². The number of nitrogens with zero attached hydrogens (tertiary/aromatic N) is 1. The van der Waals surface area contributed by atoms with Gasteiger partial charge in [0.2, 0.25) is 0 Å². The second-order valence-corrected chi connectivity index (χ2v) is 6.44. The lowest BCUT2D eigenvalue weighted by atomic mass is 10.2. The minimum atomic E-state index is -0.581. The number of benzene rings is 2. The largest absolute Gasteiger partial charge is 0.461 e. The Bertz CT molecular complexity index is 773. The van der Waals surface area contributed by atoms with E-state index in [1.807, 2.05) is 25.2 Å². The van der Waals surface area contributed by atoms with Crippen LogP contribution in [0.4, 0.5) is 4.39 Å². The number of hydrogen-bond donors (Lipinski definition) is 1. The average Bonchev–Trinajstić information content (AvgIpc) is 2.62. The lowest BCUT2D eigenvalue weighted by molar-refractivity contribution is -0.138.